The summed E-state index contributed by atoms with van der Waals surface area (Å²) in [6, 6.07) is 14.4. The van der Waals surface area contributed by atoms with E-state index >= 15 is 0 Å². The van der Waals surface area contributed by atoms with Gasteiger partial charge in [-0.15, -0.1) is 0 Å². The van der Waals surface area contributed by atoms with Gasteiger partial charge < -0.3 is 4.74 Å². The number of rotatable bonds is 7. The normalized spacial score (nSPS) is 14.4. The molecule has 0 N–H and O–H groups in total. The summed E-state index contributed by atoms with van der Waals surface area (Å²) < 4.78 is 55.7. The third-order valence-electron chi connectivity index (χ3n) is 3.99. The molecular weight excluding hydrogens is 384 g/mol. The minimum Gasteiger partial charge on any atom is -0.376 e. The maximum atomic E-state index is 12.9. The first-order valence-corrected chi connectivity index (χ1v) is 11.2. The number of hydrogen-bond acceptors (Lipinski definition) is 5. The summed E-state index contributed by atoms with van der Waals surface area (Å²) in [6.45, 7) is 3.46. The maximum absolute atomic E-state index is 12.9. The number of benzene rings is 2. The Hall–Kier alpha value is -2.22. The van der Waals surface area contributed by atoms with Crippen LogP contribution in [0.1, 0.15) is 12.5 Å². The van der Waals surface area contributed by atoms with E-state index in [1.54, 1.807) is 37.3 Å². The third-order valence-corrected chi connectivity index (χ3v) is 7.41. The van der Waals surface area contributed by atoms with Crippen molar-refractivity contribution in [3.05, 3.63) is 82.6 Å². The molecule has 2 rings (SSSR count). The molecule has 0 saturated carbocycles. The zero-order valence-electron chi connectivity index (χ0n) is 15.4. The van der Waals surface area contributed by atoms with Crippen LogP contribution in [0.5, 0.6) is 0 Å². The van der Waals surface area contributed by atoms with Crippen LogP contribution in [-0.4, -0.2) is 30.0 Å². The maximum Gasteiger partial charge on any atom is 0.205 e. The molecule has 0 amide bonds. The first-order chi connectivity index (χ1) is 12.7. The van der Waals surface area contributed by atoms with E-state index in [0.29, 0.717) is 0 Å². The van der Waals surface area contributed by atoms with Crippen molar-refractivity contribution in [1.29, 1.82) is 0 Å². The molecule has 1 atom stereocenters. The molecule has 27 heavy (non-hydrogen) atoms. The quantitative estimate of drug-likeness (QED) is 0.656. The van der Waals surface area contributed by atoms with E-state index in [1.807, 2.05) is 6.92 Å². The van der Waals surface area contributed by atoms with Crippen molar-refractivity contribution in [3.63, 3.8) is 0 Å². The lowest BCUT2D eigenvalue weighted by Gasteiger charge is -2.15. The second kappa shape index (κ2) is 8.65. The van der Waals surface area contributed by atoms with Crippen molar-refractivity contribution in [2.45, 2.75) is 29.7 Å². The molecule has 2 aromatic carbocycles. The molecule has 0 radical (unpaired) electrons. The molecule has 0 saturated heterocycles. The van der Waals surface area contributed by atoms with Gasteiger partial charge in [0.1, 0.15) is 0 Å². The summed E-state index contributed by atoms with van der Waals surface area (Å²) in [4.78, 5) is 0.244. The average molecular weight is 407 g/mol. The van der Waals surface area contributed by atoms with Crippen LogP contribution in [0, 0.1) is 6.92 Å². The van der Waals surface area contributed by atoms with Gasteiger partial charge in [-0.2, -0.15) is 0 Å². The number of hydrogen-bond donors (Lipinski definition) is 0. The van der Waals surface area contributed by atoms with E-state index in [-0.39, 0.29) is 14.7 Å². The number of methoxy groups -OCH3 is 1. The Labute approximate surface area is 160 Å². The van der Waals surface area contributed by atoms with Gasteiger partial charge in [-0.1, -0.05) is 35.9 Å². The summed E-state index contributed by atoms with van der Waals surface area (Å²) in [5.74, 6) is 0. The molecule has 144 valence electrons. The topological polar surface area (TPSA) is 77.5 Å². The highest BCUT2D eigenvalue weighted by Gasteiger charge is 2.25. The van der Waals surface area contributed by atoms with Gasteiger partial charge in [0.2, 0.25) is 9.84 Å². The first-order valence-electron chi connectivity index (χ1n) is 8.21. The molecule has 0 fully saturated rings. The molecule has 0 heterocycles. The van der Waals surface area contributed by atoms with Crippen molar-refractivity contribution >= 4 is 19.7 Å². The molecule has 5 nitrogen and oxygen atoms in total. The van der Waals surface area contributed by atoms with Gasteiger partial charge in [-0.05, 0) is 50.3 Å². The van der Waals surface area contributed by atoms with Crippen LogP contribution in [-0.2, 0) is 24.4 Å². The Kier molecular flexibility index (Phi) is 6.75. The van der Waals surface area contributed by atoms with E-state index in [4.69, 9.17) is 4.74 Å². The van der Waals surface area contributed by atoms with Crippen molar-refractivity contribution in [3.8, 4) is 0 Å². The van der Waals surface area contributed by atoms with Crippen LogP contribution in [0.25, 0.3) is 0 Å². The van der Waals surface area contributed by atoms with E-state index in [1.165, 1.54) is 43.5 Å². The van der Waals surface area contributed by atoms with Crippen LogP contribution in [0.4, 0.5) is 0 Å². The Bertz CT molecular complexity index is 1030. The molecule has 0 spiro atoms. The summed E-state index contributed by atoms with van der Waals surface area (Å²) in [6.07, 6.45) is 1.75. The third kappa shape index (κ3) is 5.15. The summed E-state index contributed by atoms with van der Waals surface area (Å²) in [5.41, 5.74) is 0.938. The van der Waals surface area contributed by atoms with Crippen LogP contribution in [0.15, 0.2) is 86.9 Å². The highest BCUT2D eigenvalue weighted by Crippen LogP contribution is 2.24. The largest absolute Gasteiger partial charge is 0.376 e. The predicted molar refractivity (Wildman–Crippen MR) is 106 cm³/mol. The Morgan fingerprint density at radius 2 is 1.52 bits per heavy atom. The number of allylic oxidation sites excluding steroid dienone is 2. The molecule has 0 aliphatic carbocycles. The number of aryl methyl sites for hydroxylation is 1. The van der Waals surface area contributed by atoms with E-state index < -0.39 is 25.8 Å². The van der Waals surface area contributed by atoms with E-state index in [2.05, 4.69) is 0 Å². The second-order valence-corrected chi connectivity index (χ2v) is 9.73. The van der Waals surface area contributed by atoms with Gasteiger partial charge in [-0.3, -0.25) is 0 Å². The highest BCUT2D eigenvalue weighted by molar-refractivity contribution is 7.95. The first kappa shape index (κ1) is 21.1. The van der Waals surface area contributed by atoms with Crippen LogP contribution in [0.3, 0.4) is 0 Å². The van der Waals surface area contributed by atoms with Gasteiger partial charge in [0.25, 0.3) is 0 Å². The summed E-state index contributed by atoms with van der Waals surface area (Å²) in [5, 5.41) is 0.982. The monoisotopic (exact) mass is 406 g/mol. The van der Waals surface area contributed by atoms with Crippen molar-refractivity contribution in [2.24, 2.45) is 0 Å². The zero-order chi connectivity index (χ0) is 20.1. The molecule has 2 aromatic rings. The molecule has 0 aliphatic rings. The van der Waals surface area contributed by atoms with Gasteiger partial charge >= 0.3 is 0 Å². The lowest BCUT2D eigenvalue weighted by molar-refractivity contribution is 0.152. The lowest BCUT2D eigenvalue weighted by Crippen LogP contribution is -2.18. The lowest BCUT2D eigenvalue weighted by atomic mass is 10.2. The standard InChI is InChI=1S/C20H22O5S2/c1-16-11-13-19(14-12-16)27(23,24)20(17(2)25-3)10-7-15-26(21,22)18-8-5-4-6-9-18/h4-15,17H,1-3H3/b15-7+,20-10-. The smallest absolute Gasteiger partial charge is 0.205 e. The minimum atomic E-state index is -3.82. The van der Waals surface area contributed by atoms with Crippen LogP contribution < -0.4 is 0 Å². The zero-order valence-corrected chi connectivity index (χ0v) is 17.0. The second-order valence-electron chi connectivity index (χ2n) is 5.95. The predicted octanol–water partition coefficient (Wildman–Crippen LogP) is 3.68. The fourth-order valence-electron chi connectivity index (χ4n) is 2.34. The summed E-state index contributed by atoms with van der Waals surface area (Å²) >= 11 is 0. The minimum absolute atomic E-state index is 0.0200. The van der Waals surface area contributed by atoms with E-state index in [0.717, 1.165) is 11.0 Å². The molecule has 0 bridgehead atoms. The fraction of sp³-hybridized carbons (Fsp3) is 0.200. The number of sulfone groups is 2. The average Bonchev–Trinajstić information content (AvgIpc) is 2.65. The van der Waals surface area contributed by atoms with Crippen molar-refractivity contribution in [1.82, 2.24) is 0 Å². The van der Waals surface area contributed by atoms with Crippen molar-refractivity contribution in [2.75, 3.05) is 7.11 Å². The van der Waals surface area contributed by atoms with Gasteiger partial charge in [0, 0.05) is 12.5 Å². The van der Waals surface area contributed by atoms with Crippen LogP contribution in [0.2, 0.25) is 0 Å². The van der Waals surface area contributed by atoms with E-state index in [9.17, 15) is 16.8 Å². The molecule has 0 aromatic heterocycles. The fourth-order valence-corrected chi connectivity index (χ4v) is 4.88. The Balaban J connectivity index is 2.43. The summed E-state index contributed by atoms with van der Waals surface area (Å²) in [7, 11) is -6.09. The van der Waals surface area contributed by atoms with Gasteiger partial charge in [-0.25, -0.2) is 16.8 Å². The molecule has 0 aliphatic heterocycles. The van der Waals surface area contributed by atoms with Crippen LogP contribution >= 0.6 is 0 Å². The Morgan fingerprint density at radius 1 is 0.926 bits per heavy atom. The molecule has 1 unspecified atom stereocenters. The van der Waals surface area contributed by atoms with Gasteiger partial charge in [0.15, 0.2) is 9.84 Å². The number of ether oxygens (including phenoxy) is 1. The SMILES string of the molecule is COC(C)/C(=C/C=C/S(=O)(=O)c1ccccc1)S(=O)(=O)c1ccc(C)cc1. The molecular formula is C20H22O5S2. The van der Waals surface area contributed by atoms with Crippen molar-refractivity contribution < 1.29 is 21.6 Å². The Morgan fingerprint density at radius 3 is 2.07 bits per heavy atom. The molecule has 7 heteroatoms. The van der Waals surface area contributed by atoms with Gasteiger partial charge in [0.05, 0.1) is 20.8 Å². The highest BCUT2D eigenvalue weighted by atomic mass is 32.2.